The molecule has 1 rings (SSSR count). The zero-order chi connectivity index (χ0) is 11.3. The zero-order valence-electron chi connectivity index (χ0n) is 9.33. The highest BCUT2D eigenvalue weighted by atomic mass is 32.2. The summed E-state index contributed by atoms with van der Waals surface area (Å²) < 4.78 is 0.273. The van der Waals surface area contributed by atoms with Crippen molar-refractivity contribution >= 4 is 23.1 Å². The summed E-state index contributed by atoms with van der Waals surface area (Å²) in [6, 6.07) is 4.09. The van der Waals surface area contributed by atoms with E-state index in [0.29, 0.717) is 0 Å². The number of nitriles is 1. The highest BCUT2D eigenvalue weighted by Gasteiger charge is 2.14. The lowest BCUT2D eigenvalue weighted by Gasteiger charge is -2.22. The van der Waals surface area contributed by atoms with Gasteiger partial charge in [-0.3, -0.25) is 0 Å². The Morgan fingerprint density at radius 3 is 2.87 bits per heavy atom. The van der Waals surface area contributed by atoms with E-state index in [2.05, 4.69) is 31.5 Å². The van der Waals surface area contributed by atoms with Crippen molar-refractivity contribution in [3.63, 3.8) is 0 Å². The molecule has 0 atom stereocenters. The lowest BCUT2D eigenvalue weighted by atomic mass is 10.2. The number of rotatable bonds is 5. The molecule has 1 aromatic heterocycles. The van der Waals surface area contributed by atoms with Crippen molar-refractivity contribution in [2.75, 3.05) is 12.8 Å². The second kappa shape index (κ2) is 5.55. The first-order valence-electron chi connectivity index (χ1n) is 4.81. The van der Waals surface area contributed by atoms with Gasteiger partial charge >= 0.3 is 0 Å². The van der Waals surface area contributed by atoms with Crippen LogP contribution < -0.4 is 5.32 Å². The smallest absolute Gasteiger partial charge is 0.100 e. The fraction of sp³-hybridized carbons (Fsp3) is 0.545. The molecule has 0 aromatic carbocycles. The predicted molar refractivity (Wildman–Crippen MR) is 68.3 cm³/mol. The Bertz CT molecular complexity index is 350. The van der Waals surface area contributed by atoms with Gasteiger partial charge in [0.1, 0.15) is 6.07 Å². The number of hydrogen-bond acceptors (Lipinski definition) is 4. The molecule has 1 N–H and O–H groups in total. The van der Waals surface area contributed by atoms with Crippen LogP contribution in [0.15, 0.2) is 11.4 Å². The van der Waals surface area contributed by atoms with Crippen LogP contribution in [0.4, 0.5) is 0 Å². The average Bonchev–Trinajstić information content (AvgIpc) is 2.66. The largest absolute Gasteiger partial charge is 0.310 e. The maximum Gasteiger partial charge on any atom is 0.100 e. The standard InChI is InChI=1S/C11H16N2S2/c1-11(2,14-3)8-13-6-10-4-9(5-12)7-15-10/h4,7,13H,6,8H2,1-3H3. The molecule has 0 aliphatic heterocycles. The Morgan fingerprint density at radius 1 is 1.60 bits per heavy atom. The summed E-state index contributed by atoms with van der Waals surface area (Å²) in [5.74, 6) is 0. The van der Waals surface area contributed by atoms with Gasteiger partial charge in [-0.2, -0.15) is 17.0 Å². The van der Waals surface area contributed by atoms with E-state index in [1.807, 2.05) is 23.2 Å². The van der Waals surface area contributed by atoms with Gasteiger partial charge in [-0.25, -0.2) is 0 Å². The van der Waals surface area contributed by atoms with Gasteiger partial charge in [0, 0.05) is 28.1 Å². The van der Waals surface area contributed by atoms with Crippen molar-refractivity contribution in [2.24, 2.45) is 0 Å². The molecule has 0 aliphatic carbocycles. The number of nitrogens with one attached hydrogen (secondary N) is 1. The van der Waals surface area contributed by atoms with Crippen LogP contribution in [0.5, 0.6) is 0 Å². The Balaban J connectivity index is 2.35. The fourth-order valence-electron chi connectivity index (χ4n) is 1.09. The van der Waals surface area contributed by atoms with Gasteiger partial charge in [-0.15, -0.1) is 11.3 Å². The van der Waals surface area contributed by atoms with Crippen LogP contribution in [0.2, 0.25) is 0 Å². The van der Waals surface area contributed by atoms with Crippen molar-refractivity contribution < 1.29 is 0 Å². The third kappa shape index (κ3) is 4.25. The van der Waals surface area contributed by atoms with Crippen LogP contribution in [-0.2, 0) is 6.54 Å². The Hall–Kier alpha value is -0.500. The second-order valence-corrected chi connectivity index (χ2v) is 6.49. The monoisotopic (exact) mass is 240 g/mol. The summed E-state index contributed by atoms with van der Waals surface area (Å²) in [4.78, 5) is 1.23. The van der Waals surface area contributed by atoms with E-state index >= 15 is 0 Å². The first-order chi connectivity index (χ1) is 7.07. The molecular weight excluding hydrogens is 224 g/mol. The molecule has 15 heavy (non-hydrogen) atoms. The molecule has 0 bridgehead atoms. The summed E-state index contributed by atoms with van der Waals surface area (Å²) in [7, 11) is 0. The minimum absolute atomic E-state index is 0.273. The number of thiophene rings is 1. The van der Waals surface area contributed by atoms with Crippen LogP contribution in [0, 0.1) is 11.3 Å². The summed E-state index contributed by atoms with van der Waals surface area (Å²) in [5, 5.41) is 14.0. The van der Waals surface area contributed by atoms with Gasteiger partial charge in [0.25, 0.3) is 0 Å². The molecule has 0 spiro atoms. The molecule has 0 unspecified atom stereocenters. The van der Waals surface area contributed by atoms with E-state index < -0.39 is 0 Å². The highest BCUT2D eigenvalue weighted by Crippen LogP contribution is 2.20. The summed E-state index contributed by atoms with van der Waals surface area (Å²) in [6.45, 7) is 6.28. The number of hydrogen-bond donors (Lipinski definition) is 1. The summed E-state index contributed by atoms with van der Waals surface area (Å²) in [6.07, 6.45) is 2.13. The van der Waals surface area contributed by atoms with Crippen molar-refractivity contribution in [2.45, 2.75) is 25.1 Å². The van der Waals surface area contributed by atoms with E-state index in [1.54, 1.807) is 11.3 Å². The van der Waals surface area contributed by atoms with Crippen LogP contribution in [0.1, 0.15) is 24.3 Å². The third-order valence-electron chi connectivity index (χ3n) is 2.19. The van der Waals surface area contributed by atoms with E-state index in [1.165, 1.54) is 4.88 Å². The fourth-order valence-corrected chi connectivity index (χ4v) is 2.12. The SMILES string of the molecule is CSC(C)(C)CNCc1cc(C#N)cs1. The molecule has 0 saturated heterocycles. The molecule has 82 valence electrons. The van der Waals surface area contributed by atoms with Gasteiger partial charge in [0.2, 0.25) is 0 Å². The third-order valence-corrected chi connectivity index (χ3v) is 4.37. The minimum Gasteiger partial charge on any atom is -0.310 e. The molecule has 1 aromatic rings. The normalized spacial score (nSPS) is 11.3. The van der Waals surface area contributed by atoms with E-state index in [0.717, 1.165) is 18.7 Å². The maximum atomic E-state index is 8.68. The van der Waals surface area contributed by atoms with Crippen molar-refractivity contribution in [3.05, 3.63) is 21.9 Å². The molecule has 4 heteroatoms. The number of nitrogens with zero attached hydrogens (tertiary/aromatic N) is 1. The Labute approximate surface area is 99.7 Å². The van der Waals surface area contributed by atoms with Gasteiger partial charge in [0.05, 0.1) is 5.56 Å². The highest BCUT2D eigenvalue weighted by molar-refractivity contribution is 7.99. The van der Waals surface area contributed by atoms with Gasteiger partial charge in [0.15, 0.2) is 0 Å². The molecule has 2 nitrogen and oxygen atoms in total. The molecule has 0 radical (unpaired) electrons. The zero-order valence-corrected chi connectivity index (χ0v) is 11.0. The van der Waals surface area contributed by atoms with Crippen molar-refractivity contribution in [1.29, 1.82) is 5.26 Å². The van der Waals surface area contributed by atoms with Crippen LogP contribution in [-0.4, -0.2) is 17.5 Å². The first-order valence-corrected chi connectivity index (χ1v) is 6.91. The summed E-state index contributed by atoms with van der Waals surface area (Å²) in [5.41, 5.74) is 0.765. The Kier molecular flexibility index (Phi) is 4.65. The van der Waals surface area contributed by atoms with Gasteiger partial charge < -0.3 is 5.32 Å². The van der Waals surface area contributed by atoms with Crippen LogP contribution in [0.3, 0.4) is 0 Å². The molecule has 0 fully saturated rings. The minimum atomic E-state index is 0.273. The van der Waals surface area contributed by atoms with E-state index in [9.17, 15) is 0 Å². The maximum absolute atomic E-state index is 8.68. The van der Waals surface area contributed by atoms with Crippen LogP contribution in [0.25, 0.3) is 0 Å². The topological polar surface area (TPSA) is 35.8 Å². The molecule has 1 heterocycles. The van der Waals surface area contributed by atoms with E-state index in [4.69, 9.17) is 5.26 Å². The van der Waals surface area contributed by atoms with Crippen molar-refractivity contribution in [3.8, 4) is 6.07 Å². The summed E-state index contributed by atoms with van der Waals surface area (Å²) >= 11 is 3.50. The second-order valence-electron chi connectivity index (χ2n) is 3.98. The molecule has 0 saturated carbocycles. The lowest BCUT2D eigenvalue weighted by molar-refractivity contribution is 0.594. The molecule has 0 aliphatic rings. The number of thioether (sulfide) groups is 1. The van der Waals surface area contributed by atoms with Gasteiger partial charge in [-0.05, 0) is 26.2 Å². The average molecular weight is 240 g/mol. The molecular formula is C11H16N2S2. The van der Waals surface area contributed by atoms with E-state index in [-0.39, 0.29) is 4.75 Å². The Morgan fingerprint density at radius 2 is 2.33 bits per heavy atom. The predicted octanol–water partition coefficient (Wildman–Crippen LogP) is 2.85. The lowest BCUT2D eigenvalue weighted by Crippen LogP contribution is -2.31. The quantitative estimate of drug-likeness (QED) is 0.859. The molecule has 0 amide bonds. The van der Waals surface area contributed by atoms with Gasteiger partial charge in [-0.1, -0.05) is 0 Å². The first kappa shape index (κ1) is 12.6. The van der Waals surface area contributed by atoms with Crippen LogP contribution >= 0.6 is 23.1 Å². The van der Waals surface area contributed by atoms with Crippen molar-refractivity contribution in [1.82, 2.24) is 5.32 Å².